The van der Waals surface area contributed by atoms with E-state index in [4.69, 9.17) is 4.74 Å². The Morgan fingerprint density at radius 1 is 1.08 bits per heavy atom. The Balaban J connectivity index is 1.79. The number of carbonyl (C=O) groups is 2. The standard InChI is InChI=1S/C20H28N2O3/c1-21-13-11-16(14-19(21)23)20(24)22-12-5-3-4-6-18(22)15-7-9-17(25-2)10-8-15/h7-10,16,18H,3-6,11-14H2,1-2H3/t16-,18+/m1/s1. The van der Waals surface area contributed by atoms with Crippen molar-refractivity contribution in [2.24, 2.45) is 5.92 Å². The van der Waals surface area contributed by atoms with Crippen LogP contribution in [0.25, 0.3) is 0 Å². The number of ether oxygens (including phenoxy) is 1. The van der Waals surface area contributed by atoms with Crippen molar-refractivity contribution in [3.8, 4) is 5.75 Å². The van der Waals surface area contributed by atoms with Gasteiger partial charge in [0.25, 0.3) is 0 Å². The lowest BCUT2D eigenvalue weighted by Crippen LogP contribution is -2.45. The highest BCUT2D eigenvalue weighted by atomic mass is 16.5. The molecule has 2 saturated heterocycles. The number of rotatable bonds is 3. The normalized spacial score (nSPS) is 24.8. The molecule has 2 fully saturated rings. The molecule has 2 aliphatic rings. The third-order valence-corrected chi connectivity index (χ3v) is 5.55. The Morgan fingerprint density at radius 3 is 2.52 bits per heavy atom. The van der Waals surface area contributed by atoms with Gasteiger partial charge >= 0.3 is 0 Å². The van der Waals surface area contributed by atoms with Crippen LogP contribution in [0.4, 0.5) is 0 Å². The van der Waals surface area contributed by atoms with Gasteiger partial charge in [0.05, 0.1) is 13.2 Å². The SMILES string of the molecule is COc1ccc([C@@H]2CCCCCN2C(=O)[C@@H]2CCN(C)C(=O)C2)cc1. The molecule has 136 valence electrons. The number of likely N-dealkylation sites (tertiary alicyclic amines) is 2. The van der Waals surface area contributed by atoms with Crippen molar-refractivity contribution in [2.75, 3.05) is 27.2 Å². The van der Waals surface area contributed by atoms with Crippen LogP contribution in [0.15, 0.2) is 24.3 Å². The van der Waals surface area contributed by atoms with E-state index in [-0.39, 0.29) is 23.8 Å². The van der Waals surface area contributed by atoms with E-state index in [0.29, 0.717) is 13.0 Å². The van der Waals surface area contributed by atoms with E-state index >= 15 is 0 Å². The van der Waals surface area contributed by atoms with Gasteiger partial charge in [-0.1, -0.05) is 25.0 Å². The van der Waals surface area contributed by atoms with Crippen molar-refractivity contribution in [2.45, 2.75) is 44.6 Å². The molecule has 0 aromatic heterocycles. The molecule has 0 aliphatic carbocycles. The molecular formula is C20H28N2O3. The van der Waals surface area contributed by atoms with E-state index in [0.717, 1.165) is 50.0 Å². The van der Waals surface area contributed by atoms with Crippen molar-refractivity contribution in [3.63, 3.8) is 0 Å². The van der Waals surface area contributed by atoms with Gasteiger partial charge in [-0.3, -0.25) is 9.59 Å². The zero-order valence-electron chi connectivity index (χ0n) is 15.2. The smallest absolute Gasteiger partial charge is 0.226 e. The summed E-state index contributed by atoms with van der Waals surface area (Å²) >= 11 is 0. The second kappa shape index (κ2) is 7.89. The predicted octanol–water partition coefficient (Wildman–Crippen LogP) is 3.01. The third kappa shape index (κ3) is 3.97. The second-order valence-electron chi connectivity index (χ2n) is 7.17. The van der Waals surface area contributed by atoms with Crippen LogP contribution in [0.3, 0.4) is 0 Å². The van der Waals surface area contributed by atoms with E-state index in [1.165, 1.54) is 0 Å². The monoisotopic (exact) mass is 344 g/mol. The van der Waals surface area contributed by atoms with E-state index < -0.39 is 0 Å². The molecule has 0 bridgehead atoms. The maximum atomic E-state index is 13.2. The first-order valence-corrected chi connectivity index (χ1v) is 9.28. The molecule has 0 radical (unpaired) electrons. The lowest BCUT2D eigenvalue weighted by atomic mass is 9.93. The summed E-state index contributed by atoms with van der Waals surface area (Å²) in [5, 5.41) is 0. The minimum absolute atomic E-state index is 0.0837. The fourth-order valence-corrected chi connectivity index (χ4v) is 3.93. The fraction of sp³-hybridized carbons (Fsp3) is 0.600. The van der Waals surface area contributed by atoms with Gasteiger partial charge < -0.3 is 14.5 Å². The number of amides is 2. The molecule has 1 aromatic carbocycles. The summed E-state index contributed by atoms with van der Waals surface area (Å²) in [6.45, 7) is 1.46. The van der Waals surface area contributed by atoms with Crippen LogP contribution in [0.1, 0.15) is 50.1 Å². The molecule has 0 spiro atoms. The lowest BCUT2D eigenvalue weighted by molar-refractivity contribution is -0.146. The van der Waals surface area contributed by atoms with Crippen LogP contribution in [0.5, 0.6) is 5.75 Å². The van der Waals surface area contributed by atoms with Crippen molar-refractivity contribution in [1.82, 2.24) is 9.80 Å². The topological polar surface area (TPSA) is 49.9 Å². The van der Waals surface area contributed by atoms with E-state index in [2.05, 4.69) is 12.1 Å². The van der Waals surface area contributed by atoms with Crippen molar-refractivity contribution in [3.05, 3.63) is 29.8 Å². The minimum atomic E-state index is -0.164. The lowest BCUT2D eigenvalue weighted by Gasteiger charge is -2.36. The molecule has 0 saturated carbocycles. The van der Waals surface area contributed by atoms with Gasteiger partial charge in [0.2, 0.25) is 11.8 Å². The van der Waals surface area contributed by atoms with Crippen molar-refractivity contribution >= 4 is 11.8 Å². The first-order valence-electron chi connectivity index (χ1n) is 9.28. The maximum Gasteiger partial charge on any atom is 0.226 e. The minimum Gasteiger partial charge on any atom is -0.497 e. The first kappa shape index (κ1) is 17.8. The number of methoxy groups -OCH3 is 1. The highest BCUT2D eigenvalue weighted by Gasteiger charge is 2.35. The number of benzene rings is 1. The Labute approximate surface area is 149 Å². The molecule has 5 heteroatoms. The van der Waals surface area contributed by atoms with Crippen LogP contribution in [-0.4, -0.2) is 48.9 Å². The molecule has 1 aromatic rings. The van der Waals surface area contributed by atoms with Gasteiger partial charge in [0, 0.05) is 32.5 Å². The highest BCUT2D eigenvalue weighted by Crippen LogP contribution is 2.33. The Kier molecular flexibility index (Phi) is 5.61. The average molecular weight is 344 g/mol. The summed E-state index contributed by atoms with van der Waals surface area (Å²) in [6.07, 6.45) is 5.43. The highest BCUT2D eigenvalue weighted by molar-refractivity contribution is 5.87. The molecule has 2 amide bonds. The fourth-order valence-electron chi connectivity index (χ4n) is 3.93. The van der Waals surface area contributed by atoms with Gasteiger partial charge in [0.1, 0.15) is 5.75 Å². The Bertz CT molecular complexity index is 614. The number of piperidine rings is 1. The third-order valence-electron chi connectivity index (χ3n) is 5.55. The molecule has 3 rings (SSSR count). The van der Waals surface area contributed by atoms with Crippen molar-refractivity contribution in [1.29, 1.82) is 0 Å². The van der Waals surface area contributed by atoms with Crippen molar-refractivity contribution < 1.29 is 14.3 Å². The largest absolute Gasteiger partial charge is 0.497 e. The van der Waals surface area contributed by atoms with Gasteiger partial charge in [-0.25, -0.2) is 0 Å². The number of carbonyl (C=O) groups excluding carboxylic acids is 2. The zero-order valence-corrected chi connectivity index (χ0v) is 15.2. The number of nitrogens with zero attached hydrogens (tertiary/aromatic N) is 2. The average Bonchev–Trinajstić information content (AvgIpc) is 2.89. The molecular weight excluding hydrogens is 316 g/mol. The Hall–Kier alpha value is -2.04. The summed E-state index contributed by atoms with van der Waals surface area (Å²) in [7, 11) is 3.47. The number of hydrogen-bond donors (Lipinski definition) is 0. The molecule has 25 heavy (non-hydrogen) atoms. The molecule has 0 N–H and O–H groups in total. The molecule has 2 aliphatic heterocycles. The van der Waals surface area contributed by atoms with Crippen LogP contribution < -0.4 is 4.74 Å². The summed E-state index contributed by atoms with van der Waals surface area (Å²) in [5.74, 6) is 0.906. The second-order valence-corrected chi connectivity index (χ2v) is 7.17. The van der Waals surface area contributed by atoms with E-state index in [1.807, 2.05) is 24.1 Å². The van der Waals surface area contributed by atoms with Crippen LogP contribution in [0, 0.1) is 5.92 Å². The molecule has 0 unspecified atom stereocenters. The first-order chi connectivity index (χ1) is 12.1. The quantitative estimate of drug-likeness (QED) is 0.847. The Morgan fingerprint density at radius 2 is 1.84 bits per heavy atom. The number of hydrogen-bond acceptors (Lipinski definition) is 3. The van der Waals surface area contributed by atoms with Crippen LogP contribution in [0.2, 0.25) is 0 Å². The van der Waals surface area contributed by atoms with Crippen LogP contribution in [-0.2, 0) is 9.59 Å². The predicted molar refractivity (Wildman–Crippen MR) is 96.3 cm³/mol. The zero-order chi connectivity index (χ0) is 17.8. The summed E-state index contributed by atoms with van der Waals surface area (Å²) in [4.78, 5) is 29.0. The molecule has 5 nitrogen and oxygen atoms in total. The maximum absolute atomic E-state index is 13.2. The van der Waals surface area contributed by atoms with Gasteiger partial charge in [-0.2, -0.15) is 0 Å². The van der Waals surface area contributed by atoms with E-state index in [9.17, 15) is 9.59 Å². The summed E-state index contributed by atoms with van der Waals surface area (Å²) in [5.41, 5.74) is 1.16. The molecule has 2 atom stereocenters. The van der Waals surface area contributed by atoms with Gasteiger partial charge in [-0.15, -0.1) is 0 Å². The summed E-state index contributed by atoms with van der Waals surface area (Å²) < 4.78 is 5.25. The molecule has 2 heterocycles. The van der Waals surface area contributed by atoms with Gasteiger partial charge in [0.15, 0.2) is 0 Å². The van der Waals surface area contributed by atoms with E-state index in [1.54, 1.807) is 12.0 Å². The van der Waals surface area contributed by atoms with Crippen LogP contribution >= 0.6 is 0 Å². The van der Waals surface area contributed by atoms with Gasteiger partial charge in [-0.05, 0) is 37.0 Å². The summed E-state index contributed by atoms with van der Waals surface area (Å²) in [6, 6.07) is 8.16.